The number of hydrogen-bond donors (Lipinski definition) is 1. The van der Waals surface area contributed by atoms with Crippen LogP contribution in [0.15, 0.2) is 30.3 Å². The number of nitrogens with one attached hydrogen (secondary N) is 1. The van der Waals surface area contributed by atoms with Crippen LogP contribution in [0.3, 0.4) is 0 Å². The SMILES string of the molecule is CCCCCCCCCCCCCCCC(=O)OC[C@@H](COP(NN(C(C)C)C(C)C)OCc1ccccc1)OC(=O)CCCCCCCCCCCCCCC. The van der Waals surface area contributed by atoms with Crippen molar-refractivity contribution in [3.8, 4) is 0 Å². The Kier molecular flexibility index (Phi) is 36.2. The normalized spacial score (nSPS) is 12.8. The number of rotatable bonds is 41. The third-order valence-electron chi connectivity index (χ3n) is 10.6. The number of ether oxygens (including phenoxy) is 2. The topological polar surface area (TPSA) is 86.3 Å². The van der Waals surface area contributed by atoms with E-state index in [1.54, 1.807) is 0 Å². The summed E-state index contributed by atoms with van der Waals surface area (Å²) in [5.41, 5.74) is 1.04. The van der Waals surface area contributed by atoms with Crippen LogP contribution in [0.2, 0.25) is 0 Å². The summed E-state index contributed by atoms with van der Waals surface area (Å²) in [6.45, 7) is 13.4. The molecule has 0 fully saturated rings. The van der Waals surface area contributed by atoms with Gasteiger partial charge in [0, 0.05) is 24.9 Å². The molecule has 0 aliphatic rings. The molecule has 0 aliphatic carbocycles. The van der Waals surface area contributed by atoms with Crippen LogP contribution < -0.4 is 5.20 Å². The Morgan fingerprint density at radius 1 is 0.544 bits per heavy atom. The van der Waals surface area contributed by atoms with Crippen LogP contribution in [0.4, 0.5) is 0 Å². The van der Waals surface area contributed by atoms with E-state index in [4.69, 9.17) is 18.5 Å². The van der Waals surface area contributed by atoms with Crippen LogP contribution in [0.5, 0.6) is 0 Å². The highest BCUT2D eigenvalue weighted by Gasteiger charge is 2.24. The number of benzene rings is 1. The van der Waals surface area contributed by atoms with Crippen molar-refractivity contribution in [2.24, 2.45) is 0 Å². The maximum atomic E-state index is 13.1. The van der Waals surface area contributed by atoms with Gasteiger partial charge in [-0.05, 0) is 46.1 Å². The van der Waals surface area contributed by atoms with Crippen molar-refractivity contribution in [2.75, 3.05) is 13.2 Å². The average Bonchev–Trinajstić information content (AvgIpc) is 3.20. The van der Waals surface area contributed by atoms with E-state index >= 15 is 0 Å². The summed E-state index contributed by atoms with van der Waals surface area (Å²) in [7, 11) is -1.58. The fraction of sp³-hybridized carbons (Fsp3) is 0.833. The second-order valence-corrected chi connectivity index (χ2v) is 18.0. The van der Waals surface area contributed by atoms with E-state index in [2.05, 4.69) is 51.7 Å². The van der Waals surface area contributed by atoms with Crippen molar-refractivity contribution in [3.05, 3.63) is 35.9 Å². The number of esters is 2. The number of nitrogens with zero attached hydrogens (tertiary/aromatic N) is 1. The van der Waals surface area contributed by atoms with Gasteiger partial charge in [0.25, 0.3) is 8.53 Å². The van der Waals surface area contributed by atoms with Crippen LogP contribution in [0.1, 0.15) is 227 Å². The molecule has 1 aromatic rings. The van der Waals surface area contributed by atoms with Crippen LogP contribution in [-0.2, 0) is 34.7 Å². The summed E-state index contributed by atoms with van der Waals surface area (Å²) in [6, 6.07) is 10.4. The first kappa shape index (κ1) is 53.4. The number of hydrogen-bond acceptors (Lipinski definition) is 8. The lowest BCUT2D eigenvalue weighted by Gasteiger charge is -2.34. The van der Waals surface area contributed by atoms with Crippen molar-refractivity contribution in [1.82, 2.24) is 10.2 Å². The molecule has 57 heavy (non-hydrogen) atoms. The Morgan fingerprint density at radius 3 is 1.37 bits per heavy atom. The van der Waals surface area contributed by atoms with E-state index < -0.39 is 14.6 Å². The van der Waals surface area contributed by atoms with Crippen molar-refractivity contribution in [1.29, 1.82) is 0 Å². The van der Waals surface area contributed by atoms with E-state index in [1.165, 1.54) is 128 Å². The fourth-order valence-corrected chi connectivity index (χ4v) is 8.48. The quantitative estimate of drug-likeness (QED) is 0.0302. The second-order valence-electron chi connectivity index (χ2n) is 16.8. The number of unbranched alkanes of at least 4 members (excludes halogenated alkanes) is 24. The van der Waals surface area contributed by atoms with Gasteiger partial charge in [0.15, 0.2) is 6.10 Å². The minimum atomic E-state index is -1.58. The molecule has 1 rings (SSSR count). The fourth-order valence-electron chi connectivity index (χ4n) is 7.07. The van der Waals surface area contributed by atoms with Gasteiger partial charge in [-0.15, -0.1) is 0 Å². The highest BCUT2D eigenvalue weighted by atomic mass is 31.2. The first-order valence-electron chi connectivity index (χ1n) is 23.8. The molecule has 0 heterocycles. The standard InChI is InChI=1S/C48H89N2O6P/c1-7-9-11-13-15-17-19-21-23-25-27-29-34-38-47(51)53-41-46(56-48(52)39-35-30-28-26-24-22-20-18-16-14-12-10-8-2)42-55-57(49-50(43(3)4)44(5)6)54-40-45-36-32-31-33-37-45/h31-33,36-37,43-44,46,49H,7-30,34-35,38-42H2,1-6H3/t46-,57?/m0/s1. The van der Waals surface area contributed by atoms with Gasteiger partial charge in [-0.1, -0.05) is 198 Å². The van der Waals surface area contributed by atoms with Gasteiger partial charge in [0.05, 0.1) is 13.2 Å². The maximum Gasteiger partial charge on any atom is 0.306 e. The number of carbonyl (C=O) groups is 2. The zero-order valence-corrected chi connectivity index (χ0v) is 38.8. The first-order valence-corrected chi connectivity index (χ1v) is 24.9. The molecular formula is C48H89N2O6P. The maximum absolute atomic E-state index is 13.1. The predicted molar refractivity (Wildman–Crippen MR) is 241 cm³/mol. The summed E-state index contributed by atoms with van der Waals surface area (Å²) in [5.74, 6) is -0.519. The van der Waals surface area contributed by atoms with E-state index in [0.717, 1.165) is 44.1 Å². The smallest absolute Gasteiger partial charge is 0.306 e. The summed E-state index contributed by atoms with van der Waals surface area (Å²) < 4.78 is 24.2. The molecule has 0 aromatic heterocycles. The third kappa shape index (κ3) is 32.9. The Labute approximate surface area is 353 Å². The van der Waals surface area contributed by atoms with Crippen molar-refractivity contribution < 1.29 is 28.1 Å². The van der Waals surface area contributed by atoms with Gasteiger partial charge in [0.1, 0.15) is 6.61 Å². The number of carbonyl (C=O) groups excluding carboxylic acids is 2. The minimum absolute atomic E-state index is 0.0262. The molecule has 1 unspecified atom stereocenters. The molecule has 0 saturated heterocycles. The van der Waals surface area contributed by atoms with Crippen molar-refractivity contribution in [2.45, 2.75) is 246 Å². The Bertz CT molecular complexity index is 1040. The molecule has 1 aromatic carbocycles. The zero-order valence-electron chi connectivity index (χ0n) is 37.9. The second kappa shape index (κ2) is 38.6. The summed E-state index contributed by atoms with van der Waals surface area (Å²) in [4.78, 5) is 25.8. The van der Waals surface area contributed by atoms with Gasteiger partial charge in [-0.25, -0.2) is 5.01 Å². The van der Waals surface area contributed by atoms with Gasteiger partial charge in [0.2, 0.25) is 0 Å². The third-order valence-corrected chi connectivity index (χ3v) is 11.7. The zero-order chi connectivity index (χ0) is 41.6. The van der Waals surface area contributed by atoms with E-state index in [1.807, 2.05) is 30.3 Å². The Balaban J connectivity index is 2.57. The summed E-state index contributed by atoms with van der Waals surface area (Å²) in [5, 5.41) is 5.56. The Hall–Kier alpha value is -1.57. The largest absolute Gasteiger partial charge is 0.462 e. The van der Waals surface area contributed by atoms with Crippen molar-refractivity contribution >= 4 is 20.5 Å². The lowest BCUT2D eigenvalue weighted by atomic mass is 10.0. The molecule has 332 valence electrons. The molecule has 0 aliphatic heterocycles. The van der Waals surface area contributed by atoms with E-state index in [0.29, 0.717) is 19.4 Å². The summed E-state index contributed by atoms with van der Waals surface area (Å²) >= 11 is 0. The molecule has 9 heteroatoms. The molecule has 0 saturated carbocycles. The van der Waals surface area contributed by atoms with E-state index in [-0.39, 0.29) is 37.2 Å². The van der Waals surface area contributed by atoms with Crippen molar-refractivity contribution in [3.63, 3.8) is 0 Å². The first-order chi connectivity index (χ1) is 27.8. The lowest BCUT2D eigenvalue weighted by molar-refractivity contribution is -0.161. The van der Waals surface area contributed by atoms with Crippen LogP contribution >= 0.6 is 8.53 Å². The molecule has 2 atom stereocenters. The summed E-state index contributed by atoms with van der Waals surface area (Å²) in [6.07, 6.45) is 32.7. The highest BCUT2D eigenvalue weighted by molar-refractivity contribution is 7.44. The average molecular weight is 821 g/mol. The van der Waals surface area contributed by atoms with Crippen LogP contribution in [0.25, 0.3) is 0 Å². The van der Waals surface area contributed by atoms with Crippen LogP contribution in [0, 0.1) is 0 Å². The lowest BCUT2D eigenvalue weighted by Crippen LogP contribution is -2.45. The van der Waals surface area contributed by atoms with Gasteiger partial charge in [-0.2, -0.15) is 5.20 Å². The molecule has 0 radical (unpaired) electrons. The van der Waals surface area contributed by atoms with E-state index in [9.17, 15) is 9.59 Å². The molecule has 0 spiro atoms. The van der Waals surface area contributed by atoms with Gasteiger partial charge in [-0.3, -0.25) is 9.59 Å². The molecule has 0 bridgehead atoms. The molecule has 8 nitrogen and oxygen atoms in total. The van der Waals surface area contributed by atoms with Crippen LogP contribution in [-0.4, -0.2) is 48.3 Å². The van der Waals surface area contributed by atoms with Gasteiger partial charge < -0.3 is 18.5 Å². The predicted octanol–water partition coefficient (Wildman–Crippen LogP) is 14.5. The molecule has 0 amide bonds. The molecule has 1 N–H and O–H groups in total. The molecular weight excluding hydrogens is 732 g/mol. The minimum Gasteiger partial charge on any atom is -0.462 e. The van der Waals surface area contributed by atoms with Gasteiger partial charge >= 0.3 is 11.9 Å². The Morgan fingerprint density at radius 2 is 0.947 bits per heavy atom. The monoisotopic (exact) mass is 821 g/mol. The number of hydrazine groups is 1. The highest BCUT2D eigenvalue weighted by Crippen LogP contribution is 2.36.